The number of nitrogens with zero attached hydrogens (tertiary/aromatic N) is 1. The van der Waals surface area contributed by atoms with E-state index in [2.05, 4.69) is 5.32 Å². The number of sulfonamides is 1. The molecule has 0 amide bonds. The molecule has 1 saturated carbocycles. The molecule has 21 heavy (non-hydrogen) atoms. The molecule has 1 fully saturated rings. The number of rotatable bonds is 7. The van der Waals surface area contributed by atoms with Crippen LogP contribution in [0.15, 0.2) is 9.31 Å². The first-order valence-electron chi connectivity index (χ1n) is 7.65. The lowest BCUT2D eigenvalue weighted by molar-refractivity contribution is 0.249. The molecule has 0 aromatic carbocycles. The molecule has 0 aliphatic heterocycles. The third-order valence-corrected chi connectivity index (χ3v) is 6.45. The first-order chi connectivity index (χ1) is 9.91. The predicted octanol–water partition coefficient (Wildman–Crippen LogP) is 2.43. The lowest BCUT2D eigenvalue weighted by Gasteiger charge is -2.31. The molecule has 1 aliphatic rings. The summed E-state index contributed by atoms with van der Waals surface area (Å²) in [7, 11) is -1.68. The van der Waals surface area contributed by atoms with Crippen molar-refractivity contribution in [3.8, 4) is 0 Å². The Morgan fingerprint density at radius 3 is 2.43 bits per heavy atom. The van der Waals surface area contributed by atoms with Crippen LogP contribution in [-0.2, 0) is 16.6 Å². The molecule has 1 aromatic heterocycles. The van der Waals surface area contributed by atoms with E-state index >= 15 is 0 Å². The Bertz CT molecular complexity index is 588. The smallest absolute Gasteiger partial charge is 0.246 e. The van der Waals surface area contributed by atoms with Crippen molar-refractivity contribution in [3.63, 3.8) is 0 Å². The molecule has 1 heterocycles. The van der Waals surface area contributed by atoms with E-state index in [0.717, 1.165) is 18.4 Å². The van der Waals surface area contributed by atoms with Crippen molar-refractivity contribution in [2.45, 2.75) is 51.5 Å². The van der Waals surface area contributed by atoms with Gasteiger partial charge in [0.2, 0.25) is 10.0 Å². The third kappa shape index (κ3) is 3.17. The van der Waals surface area contributed by atoms with Crippen LogP contribution in [0.5, 0.6) is 0 Å². The average Bonchev–Trinajstić information content (AvgIpc) is 2.63. The normalized spacial score (nSPS) is 16.4. The summed E-state index contributed by atoms with van der Waals surface area (Å²) < 4.78 is 33.2. The van der Waals surface area contributed by atoms with Crippen molar-refractivity contribution in [1.29, 1.82) is 0 Å². The van der Waals surface area contributed by atoms with Crippen LogP contribution in [0.3, 0.4) is 0 Å². The molecule has 1 N–H and O–H groups in total. The molecule has 5 nitrogen and oxygen atoms in total. The summed E-state index contributed by atoms with van der Waals surface area (Å²) in [5, 5.41) is 3.03. The van der Waals surface area contributed by atoms with Gasteiger partial charge >= 0.3 is 0 Å². The number of nitrogens with one attached hydrogen (secondary N) is 1. The number of furan rings is 1. The van der Waals surface area contributed by atoms with Gasteiger partial charge in [-0.05, 0) is 39.7 Å². The molecule has 2 rings (SSSR count). The fourth-order valence-corrected chi connectivity index (χ4v) is 4.86. The van der Waals surface area contributed by atoms with Crippen molar-refractivity contribution in [2.24, 2.45) is 5.92 Å². The van der Waals surface area contributed by atoms with Gasteiger partial charge in [-0.2, -0.15) is 4.31 Å². The van der Waals surface area contributed by atoms with E-state index in [1.807, 2.05) is 20.9 Å². The highest BCUT2D eigenvalue weighted by molar-refractivity contribution is 7.89. The van der Waals surface area contributed by atoms with Gasteiger partial charge in [-0.3, -0.25) is 0 Å². The summed E-state index contributed by atoms with van der Waals surface area (Å²) in [5.41, 5.74) is 0.752. The van der Waals surface area contributed by atoms with Gasteiger partial charge in [0.05, 0.1) is 0 Å². The molecule has 6 heteroatoms. The zero-order chi connectivity index (χ0) is 15.6. The second-order valence-electron chi connectivity index (χ2n) is 5.81. The highest BCUT2D eigenvalue weighted by atomic mass is 32.2. The minimum atomic E-state index is -3.49. The molecule has 0 atom stereocenters. The zero-order valence-corrected chi connectivity index (χ0v) is 14.2. The molecule has 1 aromatic rings. The van der Waals surface area contributed by atoms with Gasteiger partial charge in [0, 0.05) is 25.2 Å². The molecule has 0 radical (unpaired) electrons. The van der Waals surface area contributed by atoms with Crippen molar-refractivity contribution in [1.82, 2.24) is 9.62 Å². The second kappa shape index (κ2) is 6.50. The summed E-state index contributed by atoms with van der Waals surface area (Å²) in [5.74, 6) is 1.69. The summed E-state index contributed by atoms with van der Waals surface area (Å²) >= 11 is 0. The monoisotopic (exact) mass is 314 g/mol. The molecular weight excluding hydrogens is 288 g/mol. The Kier molecular flexibility index (Phi) is 5.11. The quantitative estimate of drug-likeness (QED) is 0.839. The highest BCUT2D eigenvalue weighted by Gasteiger charge is 2.33. The Balaban J connectivity index is 2.36. The molecule has 0 unspecified atom stereocenters. The summed E-state index contributed by atoms with van der Waals surface area (Å²) in [4.78, 5) is 0.357. The van der Waals surface area contributed by atoms with E-state index in [9.17, 15) is 8.42 Å². The second-order valence-corrected chi connectivity index (χ2v) is 7.68. The maximum Gasteiger partial charge on any atom is 0.246 e. The topological polar surface area (TPSA) is 62.6 Å². The minimum Gasteiger partial charge on any atom is -0.465 e. The lowest BCUT2D eigenvalue weighted by Crippen LogP contribution is -2.37. The molecule has 120 valence electrons. The van der Waals surface area contributed by atoms with Crippen LogP contribution in [0.2, 0.25) is 0 Å². The summed E-state index contributed by atoms with van der Waals surface area (Å²) in [6, 6.07) is 0. The number of hydrogen-bond donors (Lipinski definition) is 1. The minimum absolute atomic E-state index is 0.357. The molecule has 0 saturated heterocycles. The van der Waals surface area contributed by atoms with Crippen molar-refractivity contribution >= 4 is 10.0 Å². The highest BCUT2D eigenvalue weighted by Crippen LogP contribution is 2.32. The number of hydrogen-bond acceptors (Lipinski definition) is 4. The van der Waals surface area contributed by atoms with Crippen molar-refractivity contribution in [2.75, 3.05) is 20.1 Å². The van der Waals surface area contributed by atoms with Gasteiger partial charge in [0.25, 0.3) is 0 Å². The first kappa shape index (κ1) is 16.5. The maximum atomic E-state index is 13.0. The fraction of sp³-hybridized carbons (Fsp3) is 0.733. The van der Waals surface area contributed by atoms with E-state index in [4.69, 9.17) is 4.42 Å². The molecular formula is C15H26N2O3S. The Morgan fingerprint density at radius 1 is 1.29 bits per heavy atom. The van der Waals surface area contributed by atoms with Crippen LogP contribution in [0.25, 0.3) is 0 Å². The Morgan fingerprint density at radius 2 is 1.95 bits per heavy atom. The van der Waals surface area contributed by atoms with Gasteiger partial charge in [-0.15, -0.1) is 0 Å². The Hall–Kier alpha value is -0.850. The molecule has 0 bridgehead atoms. The number of aryl methyl sites for hydroxylation is 2. The third-order valence-electron chi connectivity index (χ3n) is 4.32. The van der Waals surface area contributed by atoms with Crippen LogP contribution in [-0.4, -0.2) is 32.9 Å². The fourth-order valence-electron chi connectivity index (χ4n) is 2.92. The van der Waals surface area contributed by atoms with E-state index in [1.165, 1.54) is 6.42 Å². The SMILES string of the molecule is CCN(CC1CCC1)S(=O)(=O)c1c(C)oc(C)c1CNC. The van der Waals surface area contributed by atoms with Gasteiger partial charge in [-0.25, -0.2) is 8.42 Å². The summed E-state index contributed by atoms with van der Waals surface area (Å²) in [6.07, 6.45) is 3.49. The maximum absolute atomic E-state index is 13.0. The molecule has 1 aliphatic carbocycles. The van der Waals surface area contributed by atoms with E-state index in [-0.39, 0.29) is 0 Å². The first-order valence-corrected chi connectivity index (χ1v) is 9.09. The van der Waals surface area contributed by atoms with Crippen LogP contribution < -0.4 is 5.32 Å². The van der Waals surface area contributed by atoms with Crippen LogP contribution >= 0.6 is 0 Å². The standard InChI is InChI=1S/C15H26N2O3S/c1-5-17(10-13-7-6-8-13)21(18,19)15-12(3)20-11(2)14(15)9-16-4/h13,16H,5-10H2,1-4H3. The zero-order valence-electron chi connectivity index (χ0n) is 13.4. The largest absolute Gasteiger partial charge is 0.465 e. The van der Waals surface area contributed by atoms with Gasteiger partial charge in [0.1, 0.15) is 16.4 Å². The Labute approximate surface area is 127 Å². The van der Waals surface area contributed by atoms with Crippen LogP contribution in [0.4, 0.5) is 0 Å². The van der Waals surface area contributed by atoms with Crippen LogP contribution in [0, 0.1) is 19.8 Å². The lowest BCUT2D eigenvalue weighted by atomic mass is 9.85. The van der Waals surface area contributed by atoms with E-state index in [0.29, 0.717) is 42.0 Å². The van der Waals surface area contributed by atoms with Gasteiger partial charge in [-0.1, -0.05) is 13.3 Å². The van der Waals surface area contributed by atoms with E-state index in [1.54, 1.807) is 11.2 Å². The van der Waals surface area contributed by atoms with E-state index < -0.39 is 10.0 Å². The van der Waals surface area contributed by atoms with Gasteiger partial charge in [0.15, 0.2) is 0 Å². The molecule has 0 spiro atoms. The predicted molar refractivity (Wildman–Crippen MR) is 82.7 cm³/mol. The van der Waals surface area contributed by atoms with Crippen molar-refractivity contribution in [3.05, 3.63) is 17.1 Å². The van der Waals surface area contributed by atoms with Gasteiger partial charge < -0.3 is 9.73 Å². The summed E-state index contributed by atoms with van der Waals surface area (Å²) in [6.45, 7) is 7.08. The van der Waals surface area contributed by atoms with Crippen LogP contribution in [0.1, 0.15) is 43.3 Å². The van der Waals surface area contributed by atoms with Crippen molar-refractivity contribution < 1.29 is 12.8 Å². The average molecular weight is 314 g/mol.